The van der Waals surface area contributed by atoms with Crippen molar-refractivity contribution in [3.8, 4) is 0 Å². The van der Waals surface area contributed by atoms with Gasteiger partial charge < -0.3 is 48.3 Å². The van der Waals surface area contributed by atoms with Crippen LogP contribution in [0, 0.1) is 5.92 Å². The fraction of sp³-hybridized carbons (Fsp3) is 0.592. The maximum atomic E-state index is 13.3. The molecule has 0 bridgehead atoms. The summed E-state index contributed by atoms with van der Waals surface area (Å²) in [6.45, 7) is 5.16. The Morgan fingerprint density at radius 1 is 0.530 bits per heavy atom. The van der Waals surface area contributed by atoms with Gasteiger partial charge in [0.2, 0.25) is 41.4 Å². The van der Waals surface area contributed by atoms with Gasteiger partial charge in [0.25, 0.3) is 0 Å². The number of carboxylic acids is 1. The molecule has 0 aliphatic rings. The highest BCUT2D eigenvalue weighted by Crippen LogP contribution is 2.14. The first-order chi connectivity index (χ1) is 31.5. The zero-order chi connectivity index (χ0) is 48.9. The topological polar surface area (TPSA) is 289 Å². The molecule has 2 aromatic carbocycles. The smallest absolute Gasteiger partial charge is 0.326 e. The molecule has 0 saturated heterocycles. The van der Waals surface area contributed by atoms with Gasteiger partial charge in [0.15, 0.2) is 0 Å². The zero-order valence-electron chi connectivity index (χ0n) is 39.1. The van der Waals surface area contributed by atoms with Gasteiger partial charge in [0, 0.05) is 19.3 Å². The van der Waals surface area contributed by atoms with Crippen molar-refractivity contribution in [1.29, 1.82) is 0 Å². The molecule has 0 aromatic heterocycles. The van der Waals surface area contributed by atoms with Gasteiger partial charge in [-0.25, -0.2) is 4.79 Å². The number of hydrogen-bond acceptors (Lipinski definition) is 9. The van der Waals surface area contributed by atoms with Crippen LogP contribution in [-0.4, -0.2) is 93.8 Å². The number of carboxylic acid groups (broad SMARTS) is 1. The summed E-state index contributed by atoms with van der Waals surface area (Å²) >= 11 is 0. The van der Waals surface area contributed by atoms with E-state index >= 15 is 0 Å². The molecular formula is C49H75N7O10. The number of nitrogens with one attached hydrogen (secondary N) is 5. The van der Waals surface area contributed by atoms with Crippen LogP contribution in [0.4, 0.5) is 0 Å². The number of carbonyl (C=O) groups is 8. The third kappa shape index (κ3) is 24.4. The second kappa shape index (κ2) is 31.9. The summed E-state index contributed by atoms with van der Waals surface area (Å²) in [6, 6.07) is 12.5. The Hall–Kier alpha value is -5.84. The molecule has 2 rings (SSSR count). The Labute approximate surface area is 389 Å². The SMILES string of the molecule is CC(C)C[C@H](NC(=O)[C@@H](NC(=O)CCCCCCCCCCCCCCC(=O)N[C@@H](CC(N)=O)C(=O)N[C@@H](Cc1ccccc1)C(=O)O)C(C)O)C(=O)N[C@@H](CCc1ccccc1)C(N)=O. The number of aliphatic carboxylic acids is 1. The van der Waals surface area contributed by atoms with Crippen LogP contribution >= 0.6 is 0 Å². The van der Waals surface area contributed by atoms with Gasteiger partial charge in [-0.05, 0) is 56.1 Å². The van der Waals surface area contributed by atoms with E-state index in [2.05, 4.69) is 26.6 Å². The lowest BCUT2D eigenvalue weighted by Crippen LogP contribution is -2.58. The van der Waals surface area contributed by atoms with Gasteiger partial charge in [-0.3, -0.25) is 33.6 Å². The number of aryl methyl sites for hydroxylation is 1. The van der Waals surface area contributed by atoms with E-state index in [1.807, 2.05) is 44.2 Å². The predicted octanol–water partition coefficient (Wildman–Crippen LogP) is 3.62. The Bertz CT molecular complexity index is 1810. The molecular weight excluding hydrogens is 847 g/mol. The highest BCUT2D eigenvalue weighted by Gasteiger charge is 2.32. The Morgan fingerprint density at radius 2 is 0.970 bits per heavy atom. The summed E-state index contributed by atoms with van der Waals surface area (Å²) in [5.74, 6) is -5.59. The lowest BCUT2D eigenvalue weighted by Gasteiger charge is -2.26. The van der Waals surface area contributed by atoms with Crippen LogP contribution in [-0.2, 0) is 51.2 Å². The van der Waals surface area contributed by atoms with Crippen molar-refractivity contribution < 1.29 is 48.6 Å². The minimum atomic E-state index is -1.28. The number of carbonyl (C=O) groups excluding carboxylic acids is 7. The van der Waals surface area contributed by atoms with Gasteiger partial charge in [0.05, 0.1) is 12.5 Å². The zero-order valence-corrected chi connectivity index (χ0v) is 39.1. The highest BCUT2D eigenvalue weighted by molar-refractivity contribution is 5.95. The van der Waals surface area contributed by atoms with E-state index in [4.69, 9.17) is 11.5 Å². The van der Waals surface area contributed by atoms with Crippen molar-refractivity contribution in [3.63, 3.8) is 0 Å². The van der Waals surface area contributed by atoms with Crippen LogP contribution in [0.3, 0.4) is 0 Å². The minimum Gasteiger partial charge on any atom is -0.480 e. The number of nitrogens with two attached hydrogens (primary N) is 2. The molecule has 366 valence electrons. The molecule has 1 unspecified atom stereocenters. The lowest BCUT2D eigenvalue weighted by atomic mass is 10.0. The van der Waals surface area contributed by atoms with Crippen molar-refractivity contribution >= 4 is 47.3 Å². The van der Waals surface area contributed by atoms with Crippen LogP contribution in [0.2, 0.25) is 0 Å². The highest BCUT2D eigenvalue weighted by atomic mass is 16.4. The molecule has 0 fully saturated rings. The van der Waals surface area contributed by atoms with E-state index < -0.39 is 84.1 Å². The van der Waals surface area contributed by atoms with Gasteiger partial charge in [0.1, 0.15) is 30.2 Å². The molecule has 2 aromatic rings. The second-order valence-corrected chi connectivity index (χ2v) is 17.6. The van der Waals surface area contributed by atoms with E-state index in [0.29, 0.717) is 24.8 Å². The summed E-state index contributed by atoms with van der Waals surface area (Å²) in [5.41, 5.74) is 12.6. The molecule has 66 heavy (non-hydrogen) atoms. The van der Waals surface area contributed by atoms with Crippen LogP contribution in [0.25, 0.3) is 0 Å². The van der Waals surface area contributed by atoms with Gasteiger partial charge in [-0.15, -0.1) is 0 Å². The molecule has 0 saturated carbocycles. The van der Waals surface area contributed by atoms with Gasteiger partial charge in [-0.1, -0.05) is 139 Å². The number of aliphatic hydroxyl groups is 1. The number of primary amides is 2. The van der Waals surface area contributed by atoms with Crippen molar-refractivity contribution in [2.24, 2.45) is 17.4 Å². The molecule has 7 amide bonds. The molecule has 0 radical (unpaired) electrons. The first-order valence-corrected chi connectivity index (χ1v) is 23.5. The lowest BCUT2D eigenvalue weighted by molar-refractivity contribution is -0.142. The standard InChI is InChI=1S/C49H75N7O10/c1-33(2)30-38(46(62)53-37(45(51)61)29-28-35-22-16-14-17-23-35)54-48(64)44(34(3)57)56-43(60)27-21-13-11-9-7-5-4-6-8-10-12-20-26-42(59)52-39(32-41(50)58)47(63)55-40(49(65)66)31-36-24-18-15-19-25-36/h14-19,22-25,33-34,37-40,44,57H,4-13,20-21,26-32H2,1-3H3,(H2,50,58)(H2,51,61)(H,52,59)(H,53,62)(H,54,64)(H,55,63)(H,56,60)(H,65,66)/t34?,37-,38-,39-,40-,44-/m0/s1. The summed E-state index contributed by atoms with van der Waals surface area (Å²) < 4.78 is 0. The minimum absolute atomic E-state index is 0.000465. The number of amides is 7. The number of rotatable bonds is 35. The predicted molar refractivity (Wildman–Crippen MR) is 251 cm³/mol. The molecule has 11 N–H and O–H groups in total. The second-order valence-electron chi connectivity index (χ2n) is 17.6. The number of hydrogen-bond donors (Lipinski definition) is 9. The first kappa shape index (κ1) is 56.3. The molecule has 0 aliphatic heterocycles. The van der Waals surface area contributed by atoms with E-state index in [0.717, 1.165) is 69.8 Å². The van der Waals surface area contributed by atoms with Crippen LogP contribution in [0.1, 0.15) is 141 Å². The van der Waals surface area contributed by atoms with Crippen LogP contribution in [0.5, 0.6) is 0 Å². The van der Waals surface area contributed by atoms with E-state index in [1.54, 1.807) is 30.3 Å². The Balaban J connectivity index is 1.62. The average Bonchev–Trinajstić information content (AvgIpc) is 3.26. The molecule has 17 heteroatoms. The summed E-state index contributed by atoms with van der Waals surface area (Å²) in [7, 11) is 0. The third-order valence-electron chi connectivity index (χ3n) is 11.2. The Morgan fingerprint density at radius 3 is 1.42 bits per heavy atom. The molecule has 0 heterocycles. The maximum Gasteiger partial charge on any atom is 0.326 e. The van der Waals surface area contributed by atoms with E-state index in [9.17, 15) is 48.6 Å². The Kier molecular flexibility index (Phi) is 27.2. The van der Waals surface area contributed by atoms with E-state index in [-0.39, 0.29) is 43.9 Å². The van der Waals surface area contributed by atoms with Crippen molar-refractivity contribution in [2.45, 2.75) is 179 Å². The van der Waals surface area contributed by atoms with Crippen LogP contribution in [0.15, 0.2) is 60.7 Å². The normalized spacial score (nSPS) is 13.8. The van der Waals surface area contributed by atoms with Crippen LogP contribution < -0.4 is 38.1 Å². The van der Waals surface area contributed by atoms with Gasteiger partial charge >= 0.3 is 5.97 Å². The third-order valence-corrected chi connectivity index (χ3v) is 11.2. The maximum absolute atomic E-state index is 13.3. The number of unbranched alkanes of at least 4 members (excludes halogenated alkanes) is 11. The molecule has 0 aliphatic carbocycles. The fourth-order valence-electron chi connectivity index (χ4n) is 7.47. The largest absolute Gasteiger partial charge is 0.480 e. The summed E-state index contributed by atoms with van der Waals surface area (Å²) in [5, 5.41) is 33.0. The first-order valence-electron chi connectivity index (χ1n) is 23.5. The molecule has 17 nitrogen and oxygen atoms in total. The van der Waals surface area contributed by atoms with E-state index in [1.165, 1.54) is 6.92 Å². The summed E-state index contributed by atoms with van der Waals surface area (Å²) in [4.78, 5) is 101. The van der Waals surface area contributed by atoms with Gasteiger partial charge in [-0.2, -0.15) is 0 Å². The quantitative estimate of drug-likeness (QED) is 0.0453. The fourth-order valence-corrected chi connectivity index (χ4v) is 7.47. The number of benzene rings is 2. The summed E-state index contributed by atoms with van der Waals surface area (Å²) in [6.07, 6.45) is 10.8. The average molecular weight is 922 g/mol. The number of aliphatic hydroxyl groups excluding tert-OH is 1. The van der Waals surface area contributed by atoms with Crippen molar-refractivity contribution in [1.82, 2.24) is 26.6 Å². The molecule has 6 atom stereocenters. The molecule has 0 spiro atoms. The monoisotopic (exact) mass is 922 g/mol. The van der Waals surface area contributed by atoms with Crippen molar-refractivity contribution in [2.75, 3.05) is 0 Å². The van der Waals surface area contributed by atoms with Crippen molar-refractivity contribution in [3.05, 3.63) is 71.8 Å².